The van der Waals surface area contributed by atoms with Crippen LogP contribution in [0, 0.1) is 0 Å². The van der Waals surface area contributed by atoms with E-state index in [1.54, 1.807) is 18.5 Å². The van der Waals surface area contributed by atoms with Crippen molar-refractivity contribution in [1.82, 2.24) is 19.7 Å². The summed E-state index contributed by atoms with van der Waals surface area (Å²) >= 11 is 0. The molecule has 1 amide bonds. The first-order valence-corrected chi connectivity index (χ1v) is 11.6. The van der Waals surface area contributed by atoms with Gasteiger partial charge in [0.2, 0.25) is 5.91 Å². The maximum atomic E-state index is 12.5. The van der Waals surface area contributed by atoms with Gasteiger partial charge in [0, 0.05) is 60.6 Å². The lowest BCUT2D eigenvalue weighted by Crippen LogP contribution is -2.36. The normalized spacial score (nSPS) is 22.3. The van der Waals surface area contributed by atoms with Crippen LogP contribution in [0.15, 0.2) is 61.2 Å². The van der Waals surface area contributed by atoms with E-state index in [0.29, 0.717) is 18.2 Å². The predicted molar refractivity (Wildman–Crippen MR) is 126 cm³/mol. The fourth-order valence-electron chi connectivity index (χ4n) is 4.77. The Kier molecular flexibility index (Phi) is 5.28. The van der Waals surface area contributed by atoms with Crippen LogP contribution in [-0.2, 0) is 16.1 Å². The molecule has 2 atom stereocenters. The second-order valence-corrected chi connectivity index (χ2v) is 9.20. The van der Waals surface area contributed by atoms with Gasteiger partial charge in [-0.1, -0.05) is 12.1 Å². The number of rotatable bonds is 7. The third-order valence-electron chi connectivity index (χ3n) is 6.72. The van der Waals surface area contributed by atoms with E-state index in [9.17, 15) is 4.79 Å². The molecular weight excluding hydrogens is 414 g/mol. The Bertz CT molecular complexity index is 1180. The number of carbonyl (C=O) groups is 1. The number of likely N-dealkylation sites (tertiary alicyclic amines) is 1. The van der Waals surface area contributed by atoms with E-state index < -0.39 is 0 Å². The molecule has 33 heavy (non-hydrogen) atoms. The Morgan fingerprint density at radius 3 is 2.79 bits per heavy atom. The lowest BCUT2D eigenvalue weighted by molar-refractivity contribution is -0.111. The molecule has 2 aliphatic heterocycles. The summed E-state index contributed by atoms with van der Waals surface area (Å²) in [6.45, 7) is 2.80. The zero-order chi connectivity index (χ0) is 22.2. The molecule has 4 heterocycles. The number of amides is 1. The number of pyridine rings is 1. The highest BCUT2D eigenvalue weighted by Gasteiger charge is 2.38. The number of fused-ring (bicyclic) bond motifs is 2. The first-order chi connectivity index (χ1) is 16.2. The molecule has 3 fully saturated rings. The lowest BCUT2D eigenvalue weighted by atomic mass is 10.0. The van der Waals surface area contributed by atoms with E-state index in [0.717, 1.165) is 48.5 Å². The Balaban J connectivity index is 1.08. The minimum Gasteiger partial charge on any atom is -0.375 e. The zero-order valence-corrected chi connectivity index (χ0v) is 18.4. The molecule has 0 radical (unpaired) electrons. The lowest BCUT2D eigenvalue weighted by Gasteiger charge is -2.26. The van der Waals surface area contributed by atoms with Gasteiger partial charge in [-0.3, -0.25) is 19.4 Å². The summed E-state index contributed by atoms with van der Waals surface area (Å²) in [7, 11) is 0. The molecular formula is C26H27N5O2. The second kappa shape index (κ2) is 8.57. The first-order valence-electron chi connectivity index (χ1n) is 11.6. The third kappa shape index (κ3) is 4.47. The maximum Gasteiger partial charge on any atom is 0.248 e. The van der Waals surface area contributed by atoms with Crippen molar-refractivity contribution in [1.29, 1.82) is 0 Å². The number of anilines is 1. The van der Waals surface area contributed by atoms with Crippen molar-refractivity contribution >= 4 is 17.7 Å². The molecule has 168 valence electrons. The minimum atomic E-state index is -0.166. The highest BCUT2D eigenvalue weighted by Crippen LogP contribution is 2.35. The van der Waals surface area contributed by atoms with Crippen molar-refractivity contribution in [2.45, 2.75) is 44.0 Å². The van der Waals surface area contributed by atoms with Gasteiger partial charge in [-0.15, -0.1) is 0 Å². The van der Waals surface area contributed by atoms with Crippen LogP contribution >= 0.6 is 0 Å². The molecule has 0 spiro atoms. The van der Waals surface area contributed by atoms with Crippen LogP contribution < -0.4 is 5.32 Å². The topological polar surface area (TPSA) is 72.3 Å². The van der Waals surface area contributed by atoms with E-state index in [1.165, 1.54) is 18.4 Å². The van der Waals surface area contributed by atoms with Crippen molar-refractivity contribution in [2.24, 2.45) is 0 Å². The molecule has 2 bridgehead atoms. The summed E-state index contributed by atoms with van der Waals surface area (Å²) in [4.78, 5) is 19.2. The van der Waals surface area contributed by atoms with Crippen LogP contribution in [-0.4, -0.2) is 50.9 Å². The summed E-state index contributed by atoms with van der Waals surface area (Å²) in [5, 5.41) is 7.43. The van der Waals surface area contributed by atoms with Gasteiger partial charge in [-0.25, -0.2) is 0 Å². The Morgan fingerprint density at radius 2 is 2.03 bits per heavy atom. The SMILES string of the molecule is O=C(/C=C/c1cnccc1-c1cnn(C2CC2)c1)Nc1ccc(CN2CC3CC2CO3)cc1. The molecule has 7 heteroatoms. The molecule has 2 saturated heterocycles. The molecule has 2 aromatic heterocycles. The molecule has 3 aromatic rings. The summed E-state index contributed by atoms with van der Waals surface area (Å²) < 4.78 is 7.71. The number of nitrogens with one attached hydrogen (secondary N) is 1. The maximum absolute atomic E-state index is 12.5. The van der Waals surface area contributed by atoms with Crippen molar-refractivity contribution in [3.05, 3.63) is 72.3 Å². The number of ether oxygens (including phenoxy) is 1. The predicted octanol–water partition coefficient (Wildman–Crippen LogP) is 3.91. The van der Waals surface area contributed by atoms with Crippen LogP contribution in [0.1, 0.15) is 36.4 Å². The van der Waals surface area contributed by atoms with Gasteiger partial charge in [-0.05, 0) is 54.7 Å². The monoisotopic (exact) mass is 441 g/mol. The van der Waals surface area contributed by atoms with Crippen LogP contribution in [0.4, 0.5) is 5.69 Å². The van der Waals surface area contributed by atoms with E-state index in [-0.39, 0.29) is 5.91 Å². The second-order valence-electron chi connectivity index (χ2n) is 9.20. The number of carbonyl (C=O) groups excluding carboxylic acids is 1. The van der Waals surface area contributed by atoms with E-state index in [4.69, 9.17) is 4.74 Å². The molecule has 1 aliphatic carbocycles. The number of morpholine rings is 1. The average molecular weight is 442 g/mol. The summed E-state index contributed by atoms with van der Waals surface area (Å²) in [6, 6.07) is 11.2. The average Bonchev–Trinajstić information content (AvgIpc) is 3.22. The van der Waals surface area contributed by atoms with Crippen molar-refractivity contribution in [3.8, 4) is 11.1 Å². The third-order valence-corrected chi connectivity index (χ3v) is 6.72. The van der Waals surface area contributed by atoms with E-state index in [2.05, 4.69) is 38.6 Å². The molecule has 7 nitrogen and oxygen atoms in total. The largest absolute Gasteiger partial charge is 0.375 e. The number of nitrogens with zero attached hydrogens (tertiary/aromatic N) is 4. The Hall–Kier alpha value is -3.29. The van der Waals surface area contributed by atoms with Gasteiger partial charge in [0.1, 0.15) is 0 Å². The highest BCUT2D eigenvalue weighted by atomic mass is 16.5. The van der Waals surface area contributed by atoms with E-state index >= 15 is 0 Å². The number of aromatic nitrogens is 3. The molecule has 1 aromatic carbocycles. The van der Waals surface area contributed by atoms with Gasteiger partial charge in [0.15, 0.2) is 0 Å². The number of hydrogen-bond donors (Lipinski definition) is 1. The molecule has 3 aliphatic rings. The summed E-state index contributed by atoms with van der Waals surface area (Å²) in [5.41, 5.74) is 4.99. The fraction of sp³-hybridized carbons (Fsp3) is 0.346. The smallest absolute Gasteiger partial charge is 0.248 e. The quantitative estimate of drug-likeness (QED) is 0.563. The van der Waals surface area contributed by atoms with Crippen LogP contribution in [0.5, 0.6) is 0 Å². The van der Waals surface area contributed by atoms with Crippen LogP contribution in [0.25, 0.3) is 17.2 Å². The van der Waals surface area contributed by atoms with Crippen LogP contribution in [0.2, 0.25) is 0 Å². The van der Waals surface area contributed by atoms with Crippen molar-refractivity contribution < 1.29 is 9.53 Å². The van der Waals surface area contributed by atoms with Gasteiger partial charge >= 0.3 is 0 Å². The summed E-state index contributed by atoms with van der Waals surface area (Å²) in [5.74, 6) is -0.166. The standard InChI is InChI=1S/C26H27N5O2/c32-26(29-21-4-1-18(2-5-21)14-30-16-24-11-23(30)17-33-24)8-3-19-12-27-10-9-25(19)20-13-28-31(15-20)22-6-7-22/h1-5,8-10,12-13,15,22-24H,6-7,11,14,16-17H2,(H,29,32)/b8-3+. The Labute approximate surface area is 193 Å². The Morgan fingerprint density at radius 1 is 1.15 bits per heavy atom. The van der Waals surface area contributed by atoms with Crippen molar-refractivity contribution in [3.63, 3.8) is 0 Å². The molecule has 2 unspecified atom stereocenters. The zero-order valence-electron chi connectivity index (χ0n) is 18.4. The van der Waals surface area contributed by atoms with Crippen LogP contribution in [0.3, 0.4) is 0 Å². The van der Waals surface area contributed by atoms with Gasteiger partial charge in [0.05, 0.1) is 24.9 Å². The first kappa shape index (κ1) is 20.3. The van der Waals surface area contributed by atoms with Gasteiger partial charge < -0.3 is 10.1 Å². The van der Waals surface area contributed by atoms with E-state index in [1.807, 2.05) is 35.2 Å². The number of hydrogen-bond acceptors (Lipinski definition) is 5. The van der Waals surface area contributed by atoms with Crippen molar-refractivity contribution in [2.75, 3.05) is 18.5 Å². The minimum absolute atomic E-state index is 0.166. The highest BCUT2D eigenvalue weighted by molar-refractivity contribution is 6.02. The fourth-order valence-corrected chi connectivity index (χ4v) is 4.77. The molecule has 1 saturated carbocycles. The van der Waals surface area contributed by atoms with Gasteiger partial charge in [-0.2, -0.15) is 5.10 Å². The van der Waals surface area contributed by atoms with Gasteiger partial charge in [0.25, 0.3) is 0 Å². The number of benzene rings is 1. The molecule has 1 N–H and O–H groups in total. The summed E-state index contributed by atoms with van der Waals surface area (Å²) in [6.07, 6.45) is 14.8. The molecule has 6 rings (SSSR count).